The summed E-state index contributed by atoms with van der Waals surface area (Å²) >= 11 is 0. The Labute approximate surface area is 147 Å². The summed E-state index contributed by atoms with van der Waals surface area (Å²) in [6, 6.07) is 10.4. The van der Waals surface area contributed by atoms with Crippen molar-refractivity contribution in [2.75, 3.05) is 26.2 Å². The number of nitrogens with one attached hydrogen (secondary N) is 1. The average molecular weight is 340 g/mol. The zero-order chi connectivity index (χ0) is 17.1. The van der Waals surface area contributed by atoms with Crippen molar-refractivity contribution in [1.82, 2.24) is 20.0 Å². The maximum Gasteiger partial charge on any atom is 0.317 e. The number of aromatic nitrogens is 2. The Hall–Kier alpha value is -2.50. The number of benzene rings is 1. The highest BCUT2D eigenvalue weighted by Gasteiger charge is 2.26. The van der Waals surface area contributed by atoms with Gasteiger partial charge >= 0.3 is 6.03 Å². The summed E-state index contributed by atoms with van der Waals surface area (Å²) in [7, 11) is 0. The summed E-state index contributed by atoms with van der Waals surface area (Å²) in [5, 5.41) is 7.45. The molecule has 0 spiro atoms. The van der Waals surface area contributed by atoms with E-state index in [1.54, 1.807) is 6.20 Å². The van der Waals surface area contributed by atoms with Crippen LogP contribution in [0, 0.1) is 0 Å². The van der Waals surface area contributed by atoms with Crippen LogP contribution in [-0.2, 0) is 0 Å². The number of fused-ring (bicyclic) bond motifs is 1. The second kappa shape index (κ2) is 7.17. The summed E-state index contributed by atoms with van der Waals surface area (Å²) in [6.45, 7) is 2.90. The molecule has 1 fully saturated rings. The summed E-state index contributed by atoms with van der Waals surface area (Å²) in [5.74, 6) is 1.27. The molecule has 6 heteroatoms. The van der Waals surface area contributed by atoms with Crippen LogP contribution in [0.1, 0.15) is 36.8 Å². The van der Waals surface area contributed by atoms with Gasteiger partial charge in [0.15, 0.2) is 0 Å². The zero-order valence-electron chi connectivity index (χ0n) is 14.3. The van der Waals surface area contributed by atoms with Gasteiger partial charge < -0.3 is 15.0 Å². The molecule has 0 bridgehead atoms. The molecule has 6 nitrogen and oxygen atoms in total. The van der Waals surface area contributed by atoms with E-state index in [9.17, 15) is 4.79 Å². The van der Waals surface area contributed by atoms with Crippen molar-refractivity contribution in [3.05, 3.63) is 48.3 Å². The van der Waals surface area contributed by atoms with Gasteiger partial charge in [-0.05, 0) is 37.0 Å². The molecule has 1 N–H and O–H groups in total. The maximum atomic E-state index is 12.6. The van der Waals surface area contributed by atoms with Gasteiger partial charge in [-0.2, -0.15) is 5.10 Å². The summed E-state index contributed by atoms with van der Waals surface area (Å²) < 4.78 is 7.67. The minimum atomic E-state index is 0.0285. The lowest BCUT2D eigenvalue weighted by Gasteiger charge is -2.33. The molecule has 2 atom stereocenters. The molecule has 1 saturated heterocycles. The number of amides is 2. The molecule has 132 valence electrons. The number of hydrogen-bond acceptors (Lipinski definition) is 3. The lowest BCUT2D eigenvalue weighted by Crippen LogP contribution is -2.47. The first-order chi connectivity index (χ1) is 12.3. The number of para-hydroxylation sites is 1. The Morgan fingerprint density at radius 3 is 3.08 bits per heavy atom. The number of carbonyl (C=O) groups excluding carboxylic acids is 1. The molecular formula is C19H24N4O2. The molecule has 2 unspecified atom stereocenters. The van der Waals surface area contributed by atoms with E-state index in [4.69, 9.17) is 4.74 Å². The Bertz CT molecular complexity index is 716. The minimum Gasteiger partial charge on any atom is -0.493 e. The van der Waals surface area contributed by atoms with E-state index < -0.39 is 0 Å². The fourth-order valence-electron chi connectivity index (χ4n) is 3.80. The van der Waals surface area contributed by atoms with Crippen LogP contribution >= 0.6 is 0 Å². The third-order valence-corrected chi connectivity index (χ3v) is 5.17. The van der Waals surface area contributed by atoms with Crippen LogP contribution in [0.2, 0.25) is 0 Å². The van der Waals surface area contributed by atoms with Crippen molar-refractivity contribution in [1.29, 1.82) is 0 Å². The van der Waals surface area contributed by atoms with Crippen molar-refractivity contribution < 1.29 is 9.53 Å². The molecule has 1 aromatic carbocycles. The molecule has 1 aromatic heterocycles. The number of hydrogen-bond donors (Lipinski definition) is 1. The Morgan fingerprint density at radius 2 is 2.20 bits per heavy atom. The Kier molecular flexibility index (Phi) is 4.59. The predicted molar refractivity (Wildman–Crippen MR) is 94.8 cm³/mol. The van der Waals surface area contributed by atoms with E-state index >= 15 is 0 Å². The molecule has 2 amide bonds. The fourth-order valence-corrected chi connectivity index (χ4v) is 3.80. The number of piperidine rings is 1. The van der Waals surface area contributed by atoms with Crippen molar-refractivity contribution in [3.8, 4) is 5.75 Å². The van der Waals surface area contributed by atoms with E-state index in [0.717, 1.165) is 38.1 Å². The van der Waals surface area contributed by atoms with Gasteiger partial charge in [-0.15, -0.1) is 0 Å². The van der Waals surface area contributed by atoms with E-state index in [2.05, 4.69) is 16.5 Å². The second-order valence-electron chi connectivity index (χ2n) is 6.79. The van der Waals surface area contributed by atoms with Crippen molar-refractivity contribution >= 4 is 6.03 Å². The third-order valence-electron chi connectivity index (χ3n) is 5.17. The van der Waals surface area contributed by atoms with Crippen LogP contribution in [-0.4, -0.2) is 47.0 Å². The number of carbonyl (C=O) groups is 1. The molecule has 2 aliphatic rings. The van der Waals surface area contributed by atoms with Gasteiger partial charge in [0.25, 0.3) is 0 Å². The molecule has 0 radical (unpaired) electrons. The van der Waals surface area contributed by atoms with Crippen molar-refractivity contribution in [2.45, 2.75) is 31.2 Å². The van der Waals surface area contributed by atoms with Gasteiger partial charge in [0.2, 0.25) is 0 Å². The third kappa shape index (κ3) is 3.48. The first-order valence-corrected chi connectivity index (χ1v) is 9.05. The quantitative estimate of drug-likeness (QED) is 0.935. The fraction of sp³-hybridized carbons (Fsp3) is 0.474. The molecule has 2 aliphatic heterocycles. The standard InChI is InChI=1S/C19H24N4O2/c24-19(22-10-3-5-16(14-22)23-11-4-9-21-23)20-13-15-8-12-25-18-7-2-1-6-17(15)18/h1-2,4,6-7,9,11,15-16H,3,5,8,10,12-14H2,(H,20,24). The van der Waals surface area contributed by atoms with Gasteiger partial charge in [-0.1, -0.05) is 18.2 Å². The highest BCUT2D eigenvalue weighted by atomic mass is 16.5. The number of nitrogens with zero attached hydrogens (tertiary/aromatic N) is 3. The number of likely N-dealkylation sites (tertiary alicyclic amines) is 1. The smallest absolute Gasteiger partial charge is 0.317 e. The van der Waals surface area contributed by atoms with Crippen molar-refractivity contribution in [3.63, 3.8) is 0 Å². The van der Waals surface area contributed by atoms with Gasteiger partial charge in [0, 0.05) is 37.9 Å². The predicted octanol–water partition coefficient (Wildman–Crippen LogP) is 2.80. The molecule has 0 saturated carbocycles. The molecule has 25 heavy (non-hydrogen) atoms. The minimum absolute atomic E-state index is 0.0285. The average Bonchev–Trinajstić information content (AvgIpc) is 3.21. The molecular weight excluding hydrogens is 316 g/mol. The number of rotatable bonds is 3. The van der Waals surface area contributed by atoms with Crippen LogP contribution < -0.4 is 10.1 Å². The van der Waals surface area contributed by atoms with Crippen LogP contribution in [0.15, 0.2) is 42.7 Å². The largest absolute Gasteiger partial charge is 0.493 e. The van der Waals surface area contributed by atoms with Gasteiger partial charge in [0.05, 0.1) is 12.6 Å². The van der Waals surface area contributed by atoms with Gasteiger partial charge in [-0.25, -0.2) is 4.79 Å². The van der Waals surface area contributed by atoms with E-state index in [0.29, 0.717) is 19.1 Å². The van der Waals surface area contributed by atoms with Crippen LogP contribution in [0.3, 0.4) is 0 Å². The lowest BCUT2D eigenvalue weighted by atomic mass is 9.93. The lowest BCUT2D eigenvalue weighted by molar-refractivity contribution is 0.162. The first kappa shape index (κ1) is 16.0. The molecule has 4 rings (SSSR count). The van der Waals surface area contributed by atoms with Gasteiger partial charge in [-0.3, -0.25) is 4.68 Å². The second-order valence-corrected chi connectivity index (χ2v) is 6.79. The topological polar surface area (TPSA) is 59.4 Å². The normalized spacial score (nSPS) is 22.8. The monoisotopic (exact) mass is 340 g/mol. The number of urea groups is 1. The SMILES string of the molecule is O=C(NCC1CCOc2ccccc21)N1CCCC(n2cccn2)C1. The van der Waals surface area contributed by atoms with Crippen molar-refractivity contribution in [2.24, 2.45) is 0 Å². The zero-order valence-corrected chi connectivity index (χ0v) is 14.3. The molecule has 3 heterocycles. The van der Waals surface area contributed by atoms with Crippen LogP contribution in [0.5, 0.6) is 5.75 Å². The molecule has 2 aromatic rings. The van der Waals surface area contributed by atoms with Crippen LogP contribution in [0.25, 0.3) is 0 Å². The summed E-state index contributed by atoms with van der Waals surface area (Å²) in [4.78, 5) is 14.5. The first-order valence-electron chi connectivity index (χ1n) is 9.05. The summed E-state index contributed by atoms with van der Waals surface area (Å²) in [5.41, 5.74) is 1.20. The van der Waals surface area contributed by atoms with Gasteiger partial charge in [0.1, 0.15) is 5.75 Å². The number of ether oxygens (including phenoxy) is 1. The highest BCUT2D eigenvalue weighted by Crippen LogP contribution is 2.32. The highest BCUT2D eigenvalue weighted by molar-refractivity contribution is 5.74. The Balaban J connectivity index is 1.35. The van der Waals surface area contributed by atoms with E-state index in [1.807, 2.05) is 40.0 Å². The molecule has 0 aliphatic carbocycles. The Morgan fingerprint density at radius 1 is 1.28 bits per heavy atom. The maximum absolute atomic E-state index is 12.6. The summed E-state index contributed by atoms with van der Waals surface area (Å²) in [6.07, 6.45) is 6.79. The van der Waals surface area contributed by atoms with Crippen LogP contribution in [0.4, 0.5) is 4.79 Å². The van der Waals surface area contributed by atoms with E-state index in [1.165, 1.54) is 5.56 Å². The van der Waals surface area contributed by atoms with E-state index in [-0.39, 0.29) is 12.1 Å².